The average molecular weight is 405 g/mol. The molecule has 30 heavy (non-hydrogen) atoms. The summed E-state index contributed by atoms with van der Waals surface area (Å²) >= 11 is 0. The number of anilines is 2. The maximum Gasteiger partial charge on any atom is 0.273 e. The summed E-state index contributed by atoms with van der Waals surface area (Å²) in [7, 11) is 5.35. The summed E-state index contributed by atoms with van der Waals surface area (Å²) in [5.41, 5.74) is 4.74. The SMILES string of the molecule is C=CC(=O)Nc1ccc(Cc2ccc(F)cc2)c(-c2cc(N(C)C)c(=O)n(C)c2)c1. The molecular weight excluding hydrogens is 381 g/mol. The van der Waals surface area contributed by atoms with Crippen molar-refractivity contribution in [3.63, 3.8) is 0 Å². The zero-order chi connectivity index (χ0) is 21.8. The van der Waals surface area contributed by atoms with Gasteiger partial charge >= 0.3 is 0 Å². The van der Waals surface area contributed by atoms with Gasteiger partial charge in [-0.25, -0.2) is 4.39 Å². The quantitative estimate of drug-likeness (QED) is 0.632. The van der Waals surface area contributed by atoms with Crippen molar-refractivity contribution in [1.82, 2.24) is 4.57 Å². The third kappa shape index (κ3) is 4.66. The number of nitrogens with one attached hydrogen (secondary N) is 1. The van der Waals surface area contributed by atoms with E-state index >= 15 is 0 Å². The van der Waals surface area contributed by atoms with Gasteiger partial charge < -0.3 is 14.8 Å². The van der Waals surface area contributed by atoms with E-state index in [0.29, 0.717) is 17.8 Å². The van der Waals surface area contributed by atoms with Gasteiger partial charge in [0.15, 0.2) is 0 Å². The number of halogens is 1. The Bertz CT molecular complexity index is 1150. The number of pyridine rings is 1. The Kier molecular flexibility index (Phi) is 6.16. The van der Waals surface area contributed by atoms with Gasteiger partial charge in [0.1, 0.15) is 11.5 Å². The van der Waals surface area contributed by atoms with Crippen molar-refractivity contribution in [2.24, 2.45) is 7.05 Å². The maximum atomic E-state index is 13.3. The summed E-state index contributed by atoms with van der Waals surface area (Å²) in [6.45, 7) is 3.48. The van der Waals surface area contributed by atoms with Crippen molar-refractivity contribution in [3.05, 3.63) is 94.7 Å². The van der Waals surface area contributed by atoms with E-state index in [0.717, 1.165) is 22.3 Å². The first-order valence-electron chi connectivity index (χ1n) is 9.47. The summed E-state index contributed by atoms with van der Waals surface area (Å²) in [5.74, 6) is -0.586. The Morgan fingerprint density at radius 1 is 1.17 bits per heavy atom. The van der Waals surface area contributed by atoms with Crippen LogP contribution in [0.15, 0.2) is 72.2 Å². The highest BCUT2D eigenvalue weighted by Gasteiger charge is 2.13. The molecule has 3 aromatic rings. The van der Waals surface area contributed by atoms with Crippen LogP contribution in [0.1, 0.15) is 11.1 Å². The van der Waals surface area contributed by atoms with Crippen LogP contribution in [0, 0.1) is 5.82 Å². The van der Waals surface area contributed by atoms with E-state index in [2.05, 4.69) is 11.9 Å². The Balaban J connectivity index is 2.14. The molecule has 0 aliphatic carbocycles. The molecule has 1 aromatic heterocycles. The predicted molar refractivity (Wildman–Crippen MR) is 119 cm³/mol. The van der Waals surface area contributed by atoms with E-state index in [9.17, 15) is 14.0 Å². The van der Waals surface area contributed by atoms with Gasteiger partial charge in [-0.2, -0.15) is 0 Å². The number of amides is 1. The summed E-state index contributed by atoms with van der Waals surface area (Å²) < 4.78 is 14.8. The van der Waals surface area contributed by atoms with E-state index in [1.165, 1.54) is 18.2 Å². The third-order valence-corrected chi connectivity index (χ3v) is 4.83. The molecule has 0 atom stereocenters. The minimum atomic E-state index is -0.304. The first kappa shape index (κ1) is 21.0. The number of carbonyl (C=O) groups is 1. The molecule has 0 aliphatic heterocycles. The average Bonchev–Trinajstić information content (AvgIpc) is 2.72. The normalized spacial score (nSPS) is 10.5. The largest absolute Gasteiger partial charge is 0.373 e. The van der Waals surface area contributed by atoms with Gasteiger partial charge in [0, 0.05) is 38.6 Å². The molecule has 1 heterocycles. The van der Waals surface area contributed by atoms with E-state index in [-0.39, 0.29) is 17.3 Å². The first-order chi connectivity index (χ1) is 14.3. The van der Waals surface area contributed by atoms with Crippen LogP contribution in [0.5, 0.6) is 0 Å². The highest BCUT2D eigenvalue weighted by molar-refractivity contribution is 5.99. The smallest absolute Gasteiger partial charge is 0.273 e. The van der Waals surface area contributed by atoms with Crippen molar-refractivity contribution < 1.29 is 9.18 Å². The molecule has 0 bridgehead atoms. The Morgan fingerprint density at radius 3 is 2.50 bits per heavy atom. The predicted octanol–water partition coefficient (Wildman–Crippen LogP) is 3.97. The van der Waals surface area contributed by atoms with Gasteiger partial charge in [-0.15, -0.1) is 0 Å². The molecule has 6 heteroatoms. The van der Waals surface area contributed by atoms with E-state index < -0.39 is 0 Å². The van der Waals surface area contributed by atoms with Crippen molar-refractivity contribution in [3.8, 4) is 11.1 Å². The van der Waals surface area contributed by atoms with E-state index in [1.807, 2.05) is 38.4 Å². The van der Waals surface area contributed by atoms with Crippen LogP contribution in [0.25, 0.3) is 11.1 Å². The number of rotatable bonds is 6. The highest BCUT2D eigenvalue weighted by Crippen LogP contribution is 2.30. The van der Waals surface area contributed by atoms with E-state index in [1.54, 1.807) is 34.8 Å². The lowest BCUT2D eigenvalue weighted by atomic mass is 9.94. The Morgan fingerprint density at radius 2 is 1.87 bits per heavy atom. The molecule has 1 amide bonds. The summed E-state index contributed by atoms with van der Waals surface area (Å²) in [6, 6.07) is 13.8. The lowest BCUT2D eigenvalue weighted by molar-refractivity contribution is -0.111. The summed E-state index contributed by atoms with van der Waals surface area (Å²) in [4.78, 5) is 26.0. The van der Waals surface area contributed by atoms with Gasteiger partial charge in [-0.1, -0.05) is 24.8 Å². The van der Waals surface area contributed by atoms with Gasteiger partial charge in [0.05, 0.1) is 0 Å². The van der Waals surface area contributed by atoms with Crippen LogP contribution >= 0.6 is 0 Å². The van der Waals surface area contributed by atoms with Crippen molar-refractivity contribution in [1.29, 1.82) is 0 Å². The van der Waals surface area contributed by atoms with E-state index in [4.69, 9.17) is 0 Å². The molecule has 0 radical (unpaired) electrons. The Hall–Kier alpha value is -3.67. The molecule has 0 unspecified atom stereocenters. The molecule has 0 aliphatic rings. The molecular formula is C24H24FN3O2. The molecule has 5 nitrogen and oxygen atoms in total. The lowest BCUT2D eigenvalue weighted by Gasteiger charge is -2.17. The number of carbonyl (C=O) groups excluding carboxylic acids is 1. The van der Waals surface area contributed by atoms with Crippen molar-refractivity contribution >= 4 is 17.3 Å². The number of hydrogen-bond donors (Lipinski definition) is 1. The minimum absolute atomic E-state index is 0.0973. The number of hydrogen-bond acceptors (Lipinski definition) is 3. The lowest BCUT2D eigenvalue weighted by Crippen LogP contribution is -2.25. The van der Waals surface area contributed by atoms with Crippen LogP contribution < -0.4 is 15.8 Å². The zero-order valence-corrected chi connectivity index (χ0v) is 17.3. The van der Waals surface area contributed by atoms with Crippen LogP contribution in [0.2, 0.25) is 0 Å². The standard InChI is InChI=1S/C24H24FN3O2/c1-5-23(29)26-20-11-8-17(12-16-6-9-19(25)10-7-16)21(14-20)18-13-22(27(2)3)24(30)28(4)15-18/h5-11,13-15H,1,12H2,2-4H3,(H,26,29). The molecule has 0 saturated heterocycles. The maximum absolute atomic E-state index is 13.3. The number of aromatic nitrogens is 1. The summed E-state index contributed by atoms with van der Waals surface area (Å²) in [5, 5.41) is 2.78. The fourth-order valence-electron chi connectivity index (χ4n) is 3.25. The molecule has 2 aromatic carbocycles. The third-order valence-electron chi connectivity index (χ3n) is 4.83. The molecule has 154 valence electrons. The highest BCUT2D eigenvalue weighted by atomic mass is 19.1. The number of benzene rings is 2. The second-order valence-electron chi connectivity index (χ2n) is 7.29. The second kappa shape index (κ2) is 8.78. The van der Waals surface area contributed by atoms with Crippen LogP contribution in [0.3, 0.4) is 0 Å². The zero-order valence-electron chi connectivity index (χ0n) is 17.3. The molecule has 3 rings (SSSR count). The van der Waals surface area contributed by atoms with Crippen molar-refractivity contribution in [2.75, 3.05) is 24.3 Å². The molecule has 1 N–H and O–H groups in total. The molecule has 0 fully saturated rings. The monoisotopic (exact) mass is 405 g/mol. The van der Waals surface area contributed by atoms with Crippen LogP contribution in [0.4, 0.5) is 15.8 Å². The summed E-state index contributed by atoms with van der Waals surface area (Å²) in [6.07, 6.45) is 3.56. The van der Waals surface area contributed by atoms with Gasteiger partial charge in [0.2, 0.25) is 5.91 Å². The fraction of sp³-hybridized carbons (Fsp3) is 0.167. The second-order valence-corrected chi connectivity index (χ2v) is 7.29. The fourth-order valence-corrected chi connectivity index (χ4v) is 3.25. The van der Waals surface area contributed by atoms with Crippen LogP contribution in [-0.2, 0) is 18.3 Å². The number of aryl methyl sites for hydroxylation is 1. The van der Waals surface area contributed by atoms with Crippen LogP contribution in [-0.4, -0.2) is 24.6 Å². The van der Waals surface area contributed by atoms with Crippen molar-refractivity contribution in [2.45, 2.75) is 6.42 Å². The van der Waals surface area contributed by atoms with Gasteiger partial charge in [-0.3, -0.25) is 9.59 Å². The molecule has 0 spiro atoms. The van der Waals surface area contributed by atoms with Gasteiger partial charge in [-0.05, 0) is 59.5 Å². The number of nitrogens with zero attached hydrogens (tertiary/aromatic N) is 2. The van der Waals surface area contributed by atoms with Gasteiger partial charge in [0.25, 0.3) is 5.56 Å². The Labute approximate surface area is 175 Å². The topological polar surface area (TPSA) is 54.3 Å². The minimum Gasteiger partial charge on any atom is -0.373 e. The molecule has 0 saturated carbocycles. The first-order valence-corrected chi connectivity index (χ1v) is 9.47.